The Balaban J connectivity index is 2.17. The fourth-order valence-corrected chi connectivity index (χ4v) is 2.76. The number of hydrogen-bond acceptors (Lipinski definition) is 6. The highest BCUT2D eigenvalue weighted by atomic mass is 16.9. The zero-order chi connectivity index (χ0) is 15.0. The molecule has 0 aromatic carbocycles. The van der Waals surface area contributed by atoms with E-state index >= 15 is 0 Å². The molecule has 114 valence electrons. The van der Waals surface area contributed by atoms with Crippen LogP contribution in [0.15, 0.2) is 11.1 Å². The molecule has 20 heavy (non-hydrogen) atoms. The Morgan fingerprint density at radius 1 is 1.30 bits per heavy atom. The standard InChI is InChI=1S/C13H21NO6/c1-6-3-8-9(4-7(6)2)14(19)20-13(8)12(18)11(17)10(16)5-15/h8,10-13,15-18H,3-5H2,1-2H3/t8?,10-,11-,12+,13+/m1/s1. The number of hydrogen-bond donors (Lipinski definition) is 4. The first-order valence-electron chi connectivity index (χ1n) is 6.66. The maximum Gasteiger partial charge on any atom is 0.230 e. The lowest BCUT2D eigenvalue weighted by Gasteiger charge is -2.31. The van der Waals surface area contributed by atoms with Crippen molar-refractivity contribution in [1.29, 1.82) is 0 Å². The van der Waals surface area contributed by atoms with E-state index in [1.807, 2.05) is 13.8 Å². The quantitative estimate of drug-likeness (QED) is 0.392. The van der Waals surface area contributed by atoms with Gasteiger partial charge in [-0.05, 0) is 20.3 Å². The van der Waals surface area contributed by atoms with E-state index in [0.717, 1.165) is 11.1 Å². The summed E-state index contributed by atoms with van der Waals surface area (Å²) in [5, 5.41) is 49.8. The van der Waals surface area contributed by atoms with Gasteiger partial charge in [0.1, 0.15) is 24.4 Å². The summed E-state index contributed by atoms with van der Waals surface area (Å²) >= 11 is 0. The molecule has 0 radical (unpaired) electrons. The van der Waals surface area contributed by atoms with Crippen LogP contribution in [0.5, 0.6) is 0 Å². The third-order valence-electron chi connectivity index (χ3n) is 4.25. The summed E-state index contributed by atoms with van der Waals surface area (Å²) in [6, 6.07) is 0. The minimum absolute atomic E-state index is 0.313. The van der Waals surface area contributed by atoms with E-state index in [0.29, 0.717) is 23.5 Å². The van der Waals surface area contributed by atoms with Gasteiger partial charge in [-0.3, -0.25) is 5.21 Å². The first-order valence-corrected chi connectivity index (χ1v) is 6.66. The highest BCUT2D eigenvalue weighted by molar-refractivity contribution is 5.87. The first kappa shape index (κ1) is 15.2. The lowest BCUT2D eigenvalue weighted by Crippen LogP contribution is -2.49. The van der Waals surface area contributed by atoms with E-state index in [4.69, 9.17) is 9.94 Å². The van der Waals surface area contributed by atoms with E-state index in [9.17, 15) is 20.5 Å². The molecule has 1 aliphatic carbocycles. The van der Waals surface area contributed by atoms with Gasteiger partial charge >= 0.3 is 0 Å². The van der Waals surface area contributed by atoms with Gasteiger partial charge in [0.15, 0.2) is 0 Å². The van der Waals surface area contributed by atoms with E-state index in [1.54, 1.807) is 0 Å². The maximum absolute atomic E-state index is 11.8. The zero-order valence-corrected chi connectivity index (χ0v) is 11.6. The van der Waals surface area contributed by atoms with Crippen LogP contribution in [0.25, 0.3) is 0 Å². The van der Waals surface area contributed by atoms with Crippen molar-refractivity contribution in [3.05, 3.63) is 16.4 Å². The Morgan fingerprint density at radius 2 is 1.95 bits per heavy atom. The molecule has 2 aliphatic rings. The SMILES string of the molecule is CC1=C(C)CC2C(=[N+]([O-])O[C@@H]2[C@@H](O)[C@H](O)[C@H](O)CO)C1. The van der Waals surface area contributed by atoms with Crippen LogP contribution in [-0.2, 0) is 4.84 Å². The topological polar surface area (TPSA) is 116 Å². The summed E-state index contributed by atoms with van der Waals surface area (Å²) in [6.45, 7) is 3.23. The number of nitrogens with zero attached hydrogens (tertiary/aromatic N) is 1. The molecule has 0 bridgehead atoms. The molecule has 0 saturated carbocycles. The van der Waals surface area contributed by atoms with Crippen LogP contribution in [0.4, 0.5) is 0 Å². The molecule has 4 N–H and O–H groups in total. The molecule has 7 heteroatoms. The third kappa shape index (κ3) is 2.54. The normalized spacial score (nSPS) is 30.9. The molecule has 0 aromatic heterocycles. The Morgan fingerprint density at radius 3 is 2.55 bits per heavy atom. The van der Waals surface area contributed by atoms with Crippen LogP contribution < -0.4 is 0 Å². The summed E-state index contributed by atoms with van der Waals surface area (Å²) in [5.74, 6) is -0.313. The second-order valence-corrected chi connectivity index (χ2v) is 5.60. The van der Waals surface area contributed by atoms with Gasteiger partial charge in [0.2, 0.25) is 5.71 Å². The molecule has 0 spiro atoms. The molecule has 1 heterocycles. The molecule has 0 saturated heterocycles. The predicted octanol–water partition coefficient (Wildman–Crippen LogP) is -0.927. The second-order valence-electron chi connectivity index (χ2n) is 5.60. The van der Waals surface area contributed by atoms with Crippen molar-refractivity contribution >= 4 is 5.71 Å². The second kappa shape index (κ2) is 5.69. The summed E-state index contributed by atoms with van der Waals surface area (Å²) in [7, 11) is 0. The van der Waals surface area contributed by atoms with Crippen molar-refractivity contribution < 1.29 is 30.2 Å². The van der Waals surface area contributed by atoms with Crippen molar-refractivity contribution in [2.45, 2.75) is 51.1 Å². The van der Waals surface area contributed by atoms with Crippen LogP contribution in [0.2, 0.25) is 0 Å². The third-order valence-corrected chi connectivity index (χ3v) is 4.25. The van der Waals surface area contributed by atoms with Gasteiger partial charge < -0.3 is 25.3 Å². The summed E-state index contributed by atoms with van der Waals surface area (Å²) in [4.78, 5) is 5.50. The van der Waals surface area contributed by atoms with Gasteiger partial charge in [-0.15, -0.1) is 0 Å². The number of fused-ring (bicyclic) bond motifs is 1. The smallest absolute Gasteiger partial charge is 0.230 e. The minimum Gasteiger partial charge on any atom is -0.396 e. The highest BCUT2D eigenvalue weighted by Gasteiger charge is 2.47. The average molecular weight is 287 g/mol. The zero-order valence-electron chi connectivity index (χ0n) is 11.6. The summed E-state index contributed by atoms with van der Waals surface area (Å²) < 4.78 is 0. The molecular weight excluding hydrogens is 266 g/mol. The van der Waals surface area contributed by atoms with Crippen molar-refractivity contribution in [1.82, 2.24) is 0 Å². The minimum atomic E-state index is -1.56. The van der Waals surface area contributed by atoms with Crippen LogP contribution in [0, 0.1) is 11.1 Å². The van der Waals surface area contributed by atoms with Gasteiger partial charge in [0, 0.05) is 4.90 Å². The Hall–Kier alpha value is -1.15. The number of rotatable bonds is 4. The van der Waals surface area contributed by atoms with Crippen molar-refractivity contribution in [3.8, 4) is 0 Å². The van der Waals surface area contributed by atoms with Crippen molar-refractivity contribution in [3.63, 3.8) is 0 Å². The maximum atomic E-state index is 11.8. The largest absolute Gasteiger partial charge is 0.396 e. The fraction of sp³-hybridized carbons (Fsp3) is 0.769. The molecule has 0 amide bonds. The number of allylic oxidation sites excluding steroid dienone is 2. The number of aliphatic hydroxyl groups is 4. The molecule has 5 atom stereocenters. The van der Waals surface area contributed by atoms with Crippen LogP contribution in [0.3, 0.4) is 0 Å². The average Bonchev–Trinajstić information content (AvgIpc) is 2.74. The van der Waals surface area contributed by atoms with Gasteiger partial charge in [-0.25, -0.2) is 0 Å². The molecular formula is C13H21NO6. The van der Waals surface area contributed by atoms with Crippen LogP contribution >= 0.6 is 0 Å². The molecule has 0 fully saturated rings. The van der Waals surface area contributed by atoms with E-state index in [1.165, 1.54) is 0 Å². The van der Waals surface area contributed by atoms with Gasteiger partial charge in [-0.1, -0.05) is 11.1 Å². The summed E-state index contributed by atoms with van der Waals surface area (Å²) in [5.41, 5.74) is 2.77. The van der Waals surface area contributed by atoms with Crippen molar-refractivity contribution in [2.24, 2.45) is 5.92 Å². The lowest BCUT2D eigenvalue weighted by atomic mass is 9.78. The van der Waals surface area contributed by atoms with E-state index in [2.05, 4.69) is 0 Å². The van der Waals surface area contributed by atoms with Crippen molar-refractivity contribution in [2.75, 3.05) is 6.61 Å². The fourth-order valence-electron chi connectivity index (χ4n) is 2.76. The van der Waals surface area contributed by atoms with Gasteiger partial charge in [0.05, 0.1) is 18.9 Å². The Kier molecular flexibility index (Phi) is 4.33. The molecule has 1 unspecified atom stereocenters. The predicted molar refractivity (Wildman–Crippen MR) is 69.7 cm³/mol. The van der Waals surface area contributed by atoms with Crippen LogP contribution in [0.1, 0.15) is 26.7 Å². The molecule has 7 nitrogen and oxygen atoms in total. The molecule has 0 aromatic rings. The molecule has 2 rings (SSSR count). The monoisotopic (exact) mass is 287 g/mol. The highest BCUT2D eigenvalue weighted by Crippen LogP contribution is 2.36. The molecule has 1 aliphatic heterocycles. The summed E-state index contributed by atoms with van der Waals surface area (Å²) in [6.07, 6.45) is -4.33. The Labute approximate surface area is 117 Å². The van der Waals surface area contributed by atoms with Gasteiger partial charge in [0.25, 0.3) is 0 Å². The first-order chi connectivity index (χ1) is 9.36. The van der Waals surface area contributed by atoms with E-state index in [-0.39, 0.29) is 5.92 Å². The van der Waals surface area contributed by atoms with E-state index < -0.39 is 31.0 Å². The van der Waals surface area contributed by atoms with Crippen LogP contribution in [-0.4, -0.2) is 62.1 Å². The Bertz CT molecular complexity index is 446. The lowest BCUT2D eigenvalue weighted by molar-refractivity contribution is -0.743. The number of aliphatic hydroxyl groups excluding tert-OH is 4. The van der Waals surface area contributed by atoms with Gasteiger partial charge in [-0.2, -0.15) is 0 Å².